The van der Waals surface area contributed by atoms with E-state index in [0.717, 1.165) is 0 Å². The third-order valence-electron chi connectivity index (χ3n) is 3.06. The summed E-state index contributed by atoms with van der Waals surface area (Å²) in [5, 5.41) is 10.5. The molecule has 2 aromatic rings. The van der Waals surface area contributed by atoms with E-state index in [2.05, 4.69) is 25.3 Å². The van der Waals surface area contributed by atoms with Crippen LogP contribution >= 0.6 is 0 Å². The summed E-state index contributed by atoms with van der Waals surface area (Å²) >= 11 is 0. The van der Waals surface area contributed by atoms with Crippen LogP contribution in [0.15, 0.2) is 46.6 Å². The molecule has 0 aliphatic heterocycles. The molecule has 1 amide bonds. The Bertz CT molecular complexity index is 837. The predicted molar refractivity (Wildman–Crippen MR) is 94.6 cm³/mol. The van der Waals surface area contributed by atoms with Gasteiger partial charge < -0.3 is 26.3 Å². The van der Waals surface area contributed by atoms with Crippen molar-refractivity contribution in [3.8, 4) is 5.75 Å². The van der Waals surface area contributed by atoms with Crippen LogP contribution in [0.2, 0.25) is 0 Å². The highest BCUT2D eigenvalue weighted by Gasteiger charge is 2.11. The molecule has 0 radical (unpaired) electrons. The Morgan fingerprint density at radius 3 is 2.50 bits per heavy atom. The summed E-state index contributed by atoms with van der Waals surface area (Å²) in [6.45, 7) is 1.55. The van der Waals surface area contributed by atoms with Crippen molar-refractivity contribution in [3.05, 3.63) is 36.4 Å². The molecule has 10 nitrogen and oxygen atoms in total. The Hall–Kier alpha value is -3.53. The number of nitrogens with one attached hydrogen (secondary N) is 1. The Morgan fingerprint density at radius 1 is 1.15 bits per heavy atom. The number of aromatic nitrogens is 1. The molecule has 0 bridgehead atoms. The van der Waals surface area contributed by atoms with E-state index >= 15 is 0 Å². The van der Waals surface area contributed by atoms with Crippen LogP contribution in [0, 0.1) is 0 Å². The molecular formula is C16H18N6O4. The van der Waals surface area contributed by atoms with Gasteiger partial charge in [0.2, 0.25) is 5.91 Å². The number of nitrogens with two attached hydrogens (primary N) is 2. The Kier molecular flexibility index (Phi) is 6.17. The van der Waals surface area contributed by atoms with Crippen molar-refractivity contribution in [2.24, 2.45) is 16.0 Å². The van der Waals surface area contributed by atoms with E-state index in [9.17, 15) is 9.59 Å². The van der Waals surface area contributed by atoms with Gasteiger partial charge in [-0.25, -0.2) is 9.78 Å². The highest BCUT2D eigenvalue weighted by molar-refractivity contribution is 5.93. The zero-order chi connectivity index (χ0) is 19.1. The normalized spacial score (nSPS) is 11.8. The van der Waals surface area contributed by atoms with Gasteiger partial charge in [-0.3, -0.25) is 4.79 Å². The van der Waals surface area contributed by atoms with Crippen LogP contribution in [0.25, 0.3) is 0 Å². The zero-order valence-electron chi connectivity index (χ0n) is 14.2. The van der Waals surface area contributed by atoms with Gasteiger partial charge in [0.05, 0.1) is 13.2 Å². The topological polar surface area (TPSA) is 154 Å². The number of anilines is 2. The molecule has 0 unspecified atom stereocenters. The van der Waals surface area contributed by atoms with Crippen molar-refractivity contribution < 1.29 is 19.1 Å². The minimum atomic E-state index is -0.872. The van der Waals surface area contributed by atoms with Crippen LogP contribution in [-0.2, 0) is 9.53 Å². The van der Waals surface area contributed by atoms with Crippen molar-refractivity contribution >= 4 is 35.1 Å². The lowest BCUT2D eigenvalue weighted by molar-refractivity contribution is -0.117. The van der Waals surface area contributed by atoms with E-state index in [-0.39, 0.29) is 29.0 Å². The summed E-state index contributed by atoms with van der Waals surface area (Å²) in [6.07, 6.45) is -0.872. The smallest absolute Gasteiger partial charge is 0.437 e. The molecule has 0 fully saturated rings. The molecule has 2 rings (SSSR count). The monoisotopic (exact) mass is 358 g/mol. The minimum absolute atomic E-state index is 0.0580. The molecule has 10 heteroatoms. The first-order chi connectivity index (χ1) is 12.4. The summed E-state index contributed by atoms with van der Waals surface area (Å²) in [5.74, 6) is 0.0939. The number of benzene rings is 1. The van der Waals surface area contributed by atoms with E-state index < -0.39 is 12.2 Å². The van der Waals surface area contributed by atoms with Gasteiger partial charge >= 0.3 is 6.16 Å². The van der Waals surface area contributed by atoms with Gasteiger partial charge in [-0.2, -0.15) is 0 Å². The minimum Gasteiger partial charge on any atom is -0.437 e. The first-order valence-corrected chi connectivity index (χ1v) is 7.50. The number of pyridine rings is 1. The fourth-order valence-corrected chi connectivity index (χ4v) is 1.73. The second-order valence-electron chi connectivity index (χ2n) is 5.10. The van der Waals surface area contributed by atoms with Crippen LogP contribution in [0.1, 0.15) is 6.92 Å². The summed E-state index contributed by atoms with van der Waals surface area (Å²) in [6, 6.07) is 8.88. The lowest BCUT2D eigenvalue weighted by Crippen LogP contribution is -2.32. The number of nitrogens with zero attached hydrogens (tertiary/aromatic N) is 3. The summed E-state index contributed by atoms with van der Waals surface area (Å²) in [7, 11) is 1.20. The average molecular weight is 358 g/mol. The van der Waals surface area contributed by atoms with Gasteiger partial charge in [0.15, 0.2) is 11.6 Å². The molecule has 1 aromatic carbocycles. The largest absolute Gasteiger partial charge is 0.513 e. The fourth-order valence-electron chi connectivity index (χ4n) is 1.73. The number of nitrogen functional groups attached to an aromatic ring is 1. The number of hydrogen-bond donors (Lipinski definition) is 3. The molecule has 5 N–H and O–H groups in total. The molecule has 26 heavy (non-hydrogen) atoms. The van der Waals surface area contributed by atoms with Crippen LogP contribution in [0.3, 0.4) is 0 Å². The van der Waals surface area contributed by atoms with Crippen molar-refractivity contribution in [2.45, 2.75) is 13.0 Å². The maximum absolute atomic E-state index is 11.6. The van der Waals surface area contributed by atoms with Gasteiger partial charge in [-0.15, -0.1) is 10.2 Å². The van der Waals surface area contributed by atoms with Crippen molar-refractivity contribution in [1.29, 1.82) is 0 Å². The number of methoxy groups -OCH3 is 1. The Balaban J connectivity index is 2.18. The number of carbonyl (C=O) groups excluding carboxylic acids is 2. The van der Waals surface area contributed by atoms with Crippen LogP contribution < -0.4 is 21.5 Å². The quantitative estimate of drug-likeness (QED) is 0.421. The maximum atomic E-state index is 11.6. The molecule has 0 saturated carbocycles. The van der Waals surface area contributed by atoms with E-state index in [1.165, 1.54) is 19.2 Å². The first-order valence-electron chi connectivity index (χ1n) is 7.50. The summed E-state index contributed by atoms with van der Waals surface area (Å²) in [5.41, 5.74) is 11.9. The third kappa shape index (κ3) is 4.98. The number of hydrogen-bond acceptors (Lipinski definition) is 9. The molecule has 0 aliphatic rings. The number of para-hydroxylation sites is 1. The van der Waals surface area contributed by atoms with Crippen molar-refractivity contribution in [3.63, 3.8) is 0 Å². The van der Waals surface area contributed by atoms with Crippen LogP contribution in [0.4, 0.5) is 27.8 Å². The van der Waals surface area contributed by atoms with Crippen molar-refractivity contribution in [2.75, 3.05) is 18.2 Å². The molecular weight excluding hydrogens is 340 g/mol. The van der Waals surface area contributed by atoms with Crippen LogP contribution in [0.5, 0.6) is 5.75 Å². The SMILES string of the molecule is COC(=O)Oc1ccccc1N=Nc1ccc(NC(=O)[C@H](C)N)nc1N. The number of ether oxygens (including phenoxy) is 2. The first kappa shape index (κ1) is 18.8. The molecule has 1 aromatic heterocycles. The van der Waals surface area contributed by atoms with E-state index in [1.807, 2.05) is 0 Å². The predicted octanol–water partition coefficient (Wildman–Crippen LogP) is 2.51. The van der Waals surface area contributed by atoms with Gasteiger partial charge in [0.1, 0.15) is 17.2 Å². The zero-order valence-corrected chi connectivity index (χ0v) is 14.2. The lowest BCUT2D eigenvalue weighted by atomic mass is 10.3. The summed E-state index contributed by atoms with van der Waals surface area (Å²) in [4.78, 5) is 26.8. The second-order valence-corrected chi connectivity index (χ2v) is 5.10. The second kappa shape index (κ2) is 8.53. The summed E-state index contributed by atoms with van der Waals surface area (Å²) < 4.78 is 9.42. The number of rotatable bonds is 5. The fraction of sp³-hybridized carbons (Fsp3) is 0.188. The highest BCUT2D eigenvalue weighted by atomic mass is 16.7. The van der Waals surface area contributed by atoms with E-state index in [0.29, 0.717) is 5.69 Å². The number of azo groups is 1. The number of amides is 1. The third-order valence-corrected chi connectivity index (χ3v) is 3.06. The maximum Gasteiger partial charge on any atom is 0.513 e. The Morgan fingerprint density at radius 2 is 1.85 bits per heavy atom. The molecule has 0 spiro atoms. The van der Waals surface area contributed by atoms with Crippen molar-refractivity contribution in [1.82, 2.24) is 4.98 Å². The van der Waals surface area contributed by atoms with Gasteiger partial charge in [0.25, 0.3) is 0 Å². The standard InChI is InChI=1S/C16H18N6O4/c1-9(17)15(23)20-13-8-7-11(14(18)19-13)22-21-10-5-3-4-6-12(10)26-16(24)25-2/h3-9H,17H2,1-2H3,(H3,18,19,20,23)/t9-/m0/s1. The van der Waals surface area contributed by atoms with Gasteiger partial charge in [-0.05, 0) is 31.2 Å². The van der Waals surface area contributed by atoms with Gasteiger partial charge in [-0.1, -0.05) is 12.1 Å². The molecule has 136 valence electrons. The highest BCUT2D eigenvalue weighted by Crippen LogP contribution is 2.30. The van der Waals surface area contributed by atoms with E-state index in [4.69, 9.17) is 16.2 Å². The molecule has 1 heterocycles. The molecule has 1 atom stereocenters. The number of carbonyl (C=O) groups is 2. The Labute approximate surface area is 149 Å². The van der Waals surface area contributed by atoms with E-state index in [1.54, 1.807) is 31.2 Å². The van der Waals surface area contributed by atoms with Gasteiger partial charge in [0, 0.05) is 0 Å². The lowest BCUT2D eigenvalue weighted by Gasteiger charge is -2.08. The average Bonchev–Trinajstić information content (AvgIpc) is 2.62. The van der Waals surface area contributed by atoms with Crippen LogP contribution in [-0.4, -0.2) is 30.2 Å². The molecule has 0 aliphatic carbocycles. The molecule has 0 saturated heterocycles.